The quantitative estimate of drug-likeness (QED) is 0.534. The Morgan fingerprint density at radius 2 is 1.96 bits per heavy atom. The molecule has 1 aliphatic rings. The van der Waals surface area contributed by atoms with Gasteiger partial charge in [0.1, 0.15) is 12.0 Å². The van der Waals surface area contributed by atoms with E-state index in [-0.39, 0.29) is 0 Å². The number of halogens is 1. The second kappa shape index (κ2) is 6.92. The van der Waals surface area contributed by atoms with Crippen molar-refractivity contribution < 1.29 is 0 Å². The summed E-state index contributed by atoms with van der Waals surface area (Å²) in [5.74, 6) is 0.681. The van der Waals surface area contributed by atoms with Crippen molar-refractivity contribution in [1.82, 2.24) is 34.2 Å². The fourth-order valence-corrected chi connectivity index (χ4v) is 3.81. The third-order valence-corrected chi connectivity index (χ3v) is 5.31. The summed E-state index contributed by atoms with van der Waals surface area (Å²) in [6, 6.07) is 3.82. The summed E-state index contributed by atoms with van der Waals surface area (Å²) in [4.78, 5) is 24.4. The Morgan fingerprint density at radius 1 is 1.11 bits per heavy atom. The number of aryl methyl sites for hydroxylation is 1. The summed E-state index contributed by atoms with van der Waals surface area (Å²) in [6.45, 7) is 4.60. The molecule has 4 aromatic rings. The van der Waals surface area contributed by atoms with Crippen molar-refractivity contribution in [2.75, 3.05) is 6.54 Å². The van der Waals surface area contributed by atoms with Gasteiger partial charge >= 0.3 is 0 Å². The Balaban J connectivity index is 1.40. The van der Waals surface area contributed by atoms with Gasteiger partial charge in [0.15, 0.2) is 5.82 Å². The molecule has 0 aromatic carbocycles. The van der Waals surface area contributed by atoms with E-state index >= 15 is 0 Å². The van der Waals surface area contributed by atoms with E-state index in [1.165, 1.54) is 12.0 Å². The molecule has 0 unspecified atom stereocenters. The van der Waals surface area contributed by atoms with Crippen LogP contribution in [0, 0.1) is 6.92 Å². The summed E-state index contributed by atoms with van der Waals surface area (Å²) in [7, 11) is 0. The van der Waals surface area contributed by atoms with Crippen molar-refractivity contribution in [1.29, 1.82) is 0 Å². The highest BCUT2D eigenvalue weighted by Gasteiger charge is 2.21. The topological polar surface area (TPSA) is 72.1 Å². The molecule has 28 heavy (non-hydrogen) atoms. The first-order valence-corrected chi connectivity index (χ1v) is 9.51. The fourth-order valence-electron chi connectivity index (χ4n) is 3.65. The van der Waals surface area contributed by atoms with E-state index in [1.54, 1.807) is 12.4 Å². The number of rotatable bonds is 3. The molecule has 4 aromatic heterocycles. The van der Waals surface area contributed by atoms with Crippen LogP contribution in [-0.2, 0) is 19.5 Å². The van der Waals surface area contributed by atoms with Crippen molar-refractivity contribution in [2.24, 2.45) is 0 Å². The molecular weight excluding hydrogens is 374 g/mol. The minimum absolute atomic E-state index is 0.681. The van der Waals surface area contributed by atoms with E-state index in [4.69, 9.17) is 16.6 Å². The number of nitrogens with zero attached hydrogens (tertiary/aromatic N) is 7. The summed E-state index contributed by atoms with van der Waals surface area (Å²) >= 11 is 6.19. The molecule has 5 heterocycles. The molecule has 0 amide bonds. The van der Waals surface area contributed by atoms with Crippen LogP contribution in [0.4, 0.5) is 0 Å². The van der Waals surface area contributed by atoms with Gasteiger partial charge in [-0.05, 0) is 19.1 Å². The first-order valence-electron chi connectivity index (χ1n) is 9.13. The maximum Gasteiger partial charge on any atom is 0.162 e. The molecule has 0 fully saturated rings. The van der Waals surface area contributed by atoms with Gasteiger partial charge in [-0.2, -0.15) is 0 Å². The highest BCUT2D eigenvalue weighted by Crippen LogP contribution is 2.23. The van der Waals surface area contributed by atoms with Gasteiger partial charge in [-0.15, -0.1) is 0 Å². The molecule has 7 nitrogen and oxygen atoms in total. The smallest absolute Gasteiger partial charge is 0.162 e. The van der Waals surface area contributed by atoms with Crippen LogP contribution in [0.3, 0.4) is 0 Å². The van der Waals surface area contributed by atoms with Crippen molar-refractivity contribution in [3.63, 3.8) is 0 Å². The highest BCUT2D eigenvalue weighted by molar-refractivity contribution is 6.30. The molecule has 0 spiro atoms. The lowest BCUT2D eigenvalue weighted by atomic mass is 10.1. The van der Waals surface area contributed by atoms with Gasteiger partial charge in [-0.1, -0.05) is 11.6 Å². The zero-order valence-electron chi connectivity index (χ0n) is 15.4. The van der Waals surface area contributed by atoms with Crippen molar-refractivity contribution >= 4 is 17.2 Å². The molecule has 0 saturated carbocycles. The van der Waals surface area contributed by atoms with E-state index in [0.29, 0.717) is 10.8 Å². The normalized spacial score (nSPS) is 14.4. The van der Waals surface area contributed by atoms with E-state index in [9.17, 15) is 0 Å². The zero-order chi connectivity index (χ0) is 19.1. The third kappa shape index (κ3) is 3.12. The number of hydrogen-bond donors (Lipinski definition) is 0. The van der Waals surface area contributed by atoms with E-state index in [2.05, 4.69) is 29.2 Å². The van der Waals surface area contributed by atoms with Gasteiger partial charge in [0.05, 0.1) is 27.7 Å². The minimum atomic E-state index is 0.681. The molecule has 0 saturated heterocycles. The van der Waals surface area contributed by atoms with Crippen LogP contribution >= 0.6 is 11.6 Å². The lowest BCUT2D eigenvalue weighted by molar-refractivity contribution is 0.239. The molecule has 1 aliphatic heterocycles. The Labute approximate surface area is 167 Å². The van der Waals surface area contributed by atoms with Crippen LogP contribution in [0.25, 0.3) is 17.0 Å². The molecule has 140 valence electrons. The van der Waals surface area contributed by atoms with Crippen LogP contribution in [0.5, 0.6) is 0 Å². The van der Waals surface area contributed by atoms with Crippen LogP contribution < -0.4 is 0 Å². The number of hydrogen-bond acceptors (Lipinski definition) is 6. The van der Waals surface area contributed by atoms with E-state index in [0.717, 1.165) is 54.2 Å². The maximum absolute atomic E-state index is 6.19. The van der Waals surface area contributed by atoms with Gasteiger partial charge in [0, 0.05) is 56.4 Å². The maximum atomic E-state index is 6.19. The molecule has 8 heteroatoms. The molecule has 0 atom stereocenters. The van der Waals surface area contributed by atoms with Crippen molar-refractivity contribution in [3.05, 3.63) is 70.9 Å². The molecule has 0 radical (unpaired) electrons. The highest BCUT2D eigenvalue weighted by atomic mass is 35.5. The second-order valence-corrected chi connectivity index (χ2v) is 7.41. The van der Waals surface area contributed by atoms with Crippen molar-refractivity contribution in [3.8, 4) is 11.4 Å². The SMILES string of the molecule is Cc1nc2ccc(Cl)cn2c1CN1CCc2nc(-c3cncnc3)ncc2C1. The summed E-state index contributed by atoms with van der Waals surface area (Å²) in [6.07, 6.45) is 9.73. The summed E-state index contributed by atoms with van der Waals surface area (Å²) in [5, 5.41) is 0.709. The van der Waals surface area contributed by atoms with Gasteiger partial charge < -0.3 is 4.40 Å². The van der Waals surface area contributed by atoms with Crippen LogP contribution in [0.15, 0.2) is 43.2 Å². The predicted octanol–water partition coefficient (Wildman–Crippen LogP) is 3.10. The van der Waals surface area contributed by atoms with Crippen LogP contribution in [-0.4, -0.2) is 40.8 Å². The average molecular weight is 392 g/mol. The Hall–Kier alpha value is -2.90. The first kappa shape index (κ1) is 17.2. The van der Waals surface area contributed by atoms with Gasteiger partial charge in [-0.25, -0.2) is 24.9 Å². The van der Waals surface area contributed by atoms with Gasteiger partial charge in [0.2, 0.25) is 0 Å². The third-order valence-electron chi connectivity index (χ3n) is 5.09. The van der Waals surface area contributed by atoms with E-state index in [1.807, 2.05) is 31.5 Å². The van der Waals surface area contributed by atoms with Gasteiger partial charge in [-0.3, -0.25) is 4.90 Å². The van der Waals surface area contributed by atoms with E-state index < -0.39 is 0 Å². The number of aromatic nitrogens is 6. The zero-order valence-corrected chi connectivity index (χ0v) is 16.1. The monoisotopic (exact) mass is 391 g/mol. The standard InChI is InChI=1S/C20H18ClN7/c1-13-18(28-10-16(21)2-3-19(28)25-13)11-27-5-4-17-15(9-27)8-24-20(26-17)14-6-22-12-23-7-14/h2-3,6-8,10,12H,4-5,9,11H2,1H3. The molecular formula is C20H18ClN7. The predicted molar refractivity (Wildman–Crippen MR) is 106 cm³/mol. The minimum Gasteiger partial charge on any atom is -0.301 e. The molecule has 0 bridgehead atoms. The number of fused-ring (bicyclic) bond motifs is 2. The molecule has 0 N–H and O–H groups in total. The second-order valence-electron chi connectivity index (χ2n) is 6.97. The summed E-state index contributed by atoms with van der Waals surface area (Å²) < 4.78 is 2.09. The average Bonchev–Trinajstić information content (AvgIpc) is 3.03. The lowest BCUT2D eigenvalue weighted by Crippen LogP contribution is -2.31. The van der Waals surface area contributed by atoms with Crippen LogP contribution in [0.2, 0.25) is 5.02 Å². The fraction of sp³-hybridized carbons (Fsp3) is 0.250. The number of pyridine rings is 1. The van der Waals surface area contributed by atoms with Gasteiger partial charge in [0.25, 0.3) is 0 Å². The lowest BCUT2D eigenvalue weighted by Gasteiger charge is -2.28. The molecule has 5 rings (SSSR count). The Kier molecular flexibility index (Phi) is 4.26. The Bertz CT molecular complexity index is 1160. The molecule has 0 aliphatic carbocycles. The largest absolute Gasteiger partial charge is 0.301 e. The number of imidazole rings is 1. The van der Waals surface area contributed by atoms with Crippen LogP contribution in [0.1, 0.15) is 22.6 Å². The Morgan fingerprint density at radius 3 is 2.82 bits per heavy atom. The first-order chi connectivity index (χ1) is 13.7. The summed E-state index contributed by atoms with van der Waals surface area (Å²) in [5.41, 5.74) is 6.22. The van der Waals surface area contributed by atoms with Crippen molar-refractivity contribution in [2.45, 2.75) is 26.4 Å².